The summed E-state index contributed by atoms with van der Waals surface area (Å²) in [7, 11) is 0. The van der Waals surface area contributed by atoms with Gasteiger partial charge in [-0.05, 0) is 18.2 Å². The zero-order chi connectivity index (χ0) is 16.4. The van der Waals surface area contributed by atoms with Crippen LogP contribution in [0.1, 0.15) is 0 Å². The molecule has 0 saturated carbocycles. The van der Waals surface area contributed by atoms with E-state index in [9.17, 15) is 14.5 Å². The number of pyridine rings is 1. The first-order valence-corrected chi connectivity index (χ1v) is 7.20. The average molecular weight is 317 g/mol. The van der Waals surface area contributed by atoms with Gasteiger partial charge >= 0.3 is 0 Å². The van der Waals surface area contributed by atoms with Gasteiger partial charge < -0.3 is 15.5 Å². The summed E-state index contributed by atoms with van der Waals surface area (Å²) in [6, 6.07) is 7.41. The molecule has 0 aliphatic carbocycles. The van der Waals surface area contributed by atoms with E-state index in [0.29, 0.717) is 37.7 Å². The summed E-state index contributed by atoms with van der Waals surface area (Å²) in [5, 5.41) is 10.7. The van der Waals surface area contributed by atoms with Crippen LogP contribution in [0.25, 0.3) is 0 Å². The van der Waals surface area contributed by atoms with Crippen molar-refractivity contribution in [2.24, 2.45) is 0 Å². The molecule has 0 unspecified atom stereocenters. The van der Waals surface area contributed by atoms with Crippen LogP contribution in [0.4, 0.5) is 27.3 Å². The van der Waals surface area contributed by atoms with Gasteiger partial charge in [0.15, 0.2) is 5.82 Å². The molecule has 0 radical (unpaired) electrons. The van der Waals surface area contributed by atoms with Gasteiger partial charge in [-0.1, -0.05) is 0 Å². The summed E-state index contributed by atoms with van der Waals surface area (Å²) in [5.74, 6) is -0.0952. The third-order valence-corrected chi connectivity index (χ3v) is 3.90. The topological polar surface area (TPSA) is 88.5 Å². The number of non-ortho nitro benzene ring substituents is 1. The molecular weight excluding hydrogens is 301 g/mol. The summed E-state index contributed by atoms with van der Waals surface area (Å²) in [4.78, 5) is 18.2. The molecule has 2 aromatic rings. The molecule has 7 nitrogen and oxygen atoms in total. The maximum absolute atomic E-state index is 14.1. The Morgan fingerprint density at radius 3 is 2.39 bits per heavy atom. The minimum Gasteiger partial charge on any atom is -0.384 e. The van der Waals surface area contributed by atoms with Gasteiger partial charge in [0.05, 0.1) is 28.6 Å². The molecule has 1 aromatic heterocycles. The molecule has 1 fully saturated rings. The highest BCUT2D eigenvalue weighted by Crippen LogP contribution is 2.26. The van der Waals surface area contributed by atoms with Crippen molar-refractivity contribution < 1.29 is 9.31 Å². The largest absolute Gasteiger partial charge is 0.384 e. The van der Waals surface area contributed by atoms with Gasteiger partial charge in [0.2, 0.25) is 0 Å². The fourth-order valence-electron chi connectivity index (χ4n) is 2.66. The SMILES string of the molecule is Nc1ccc(N2CCN(c3ccc([N+](=O)[O-])cc3F)CC2)cn1. The minimum atomic E-state index is -0.598. The molecule has 2 N–H and O–H groups in total. The molecule has 0 spiro atoms. The predicted molar refractivity (Wildman–Crippen MR) is 86.1 cm³/mol. The highest BCUT2D eigenvalue weighted by atomic mass is 19.1. The van der Waals surface area contributed by atoms with Crippen molar-refractivity contribution in [1.29, 1.82) is 0 Å². The molecular formula is C15H16FN5O2. The van der Waals surface area contributed by atoms with Gasteiger partial charge in [-0.3, -0.25) is 10.1 Å². The molecule has 8 heteroatoms. The van der Waals surface area contributed by atoms with E-state index in [4.69, 9.17) is 5.73 Å². The number of hydrogen-bond donors (Lipinski definition) is 1. The Hall–Kier alpha value is -2.90. The van der Waals surface area contributed by atoms with E-state index in [-0.39, 0.29) is 5.69 Å². The van der Waals surface area contributed by atoms with E-state index in [1.165, 1.54) is 12.1 Å². The molecule has 23 heavy (non-hydrogen) atoms. The smallest absolute Gasteiger partial charge is 0.272 e. The number of anilines is 3. The van der Waals surface area contributed by atoms with Crippen LogP contribution in [-0.4, -0.2) is 36.1 Å². The van der Waals surface area contributed by atoms with Crippen LogP contribution in [0, 0.1) is 15.9 Å². The van der Waals surface area contributed by atoms with Crippen molar-refractivity contribution in [2.75, 3.05) is 41.7 Å². The van der Waals surface area contributed by atoms with Gasteiger partial charge in [-0.2, -0.15) is 0 Å². The summed E-state index contributed by atoms with van der Waals surface area (Å²) in [6.45, 7) is 2.67. The van der Waals surface area contributed by atoms with Gasteiger partial charge in [0.1, 0.15) is 5.82 Å². The van der Waals surface area contributed by atoms with Crippen LogP contribution >= 0.6 is 0 Å². The molecule has 1 aliphatic heterocycles. The van der Waals surface area contributed by atoms with Crippen molar-refractivity contribution >= 4 is 22.9 Å². The number of piperazine rings is 1. The Bertz CT molecular complexity index is 714. The molecule has 0 atom stereocenters. The minimum absolute atomic E-state index is 0.238. The molecule has 1 aliphatic rings. The number of hydrogen-bond acceptors (Lipinski definition) is 6. The second-order valence-corrected chi connectivity index (χ2v) is 5.31. The first kappa shape index (κ1) is 15.0. The molecule has 1 saturated heterocycles. The van der Waals surface area contributed by atoms with E-state index >= 15 is 0 Å². The van der Waals surface area contributed by atoms with E-state index < -0.39 is 10.7 Å². The first-order chi connectivity index (χ1) is 11.0. The maximum atomic E-state index is 14.1. The Morgan fingerprint density at radius 2 is 1.83 bits per heavy atom. The fourth-order valence-corrected chi connectivity index (χ4v) is 2.66. The van der Waals surface area contributed by atoms with Crippen LogP contribution in [0.3, 0.4) is 0 Å². The Balaban J connectivity index is 1.69. The molecule has 120 valence electrons. The lowest BCUT2D eigenvalue weighted by molar-refractivity contribution is -0.385. The molecule has 2 heterocycles. The number of nitrogens with zero attached hydrogens (tertiary/aromatic N) is 4. The van der Waals surface area contributed by atoms with E-state index in [1.807, 2.05) is 11.0 Å². The van der Waals surface area contributed by atoms with Crippen molar-refractivity contribution in [3.05, 3.63) is 52.5 Å². The third kappa shape index (κ3) is 3.15. The number of nitrogens with two attached hydrogens (primary N) is 1. The number of aromatic nitrogens is 1. The quantitative estimate of drug-likeness (QED) is 0.688. The van der Waals surface area contributed by atoms with Crippen LogP contribution in [0.15, 0.2) is 36.5 Å². The van der Waals surface area contributed by atoms with E-state index in [1.54, 1.807) is 12.3 Å². The molecule has 0 bridgehead atoms. The Kier molecular flexibility index (Phi) is 3.96. The molecule has 3 rings (SSSR count). The highest BCUT2D eigenvalue weighted by Gasteiger charge is 2.21. The van der Waals surface area contributed by atoms with Crippen molar-refractivity contribution in [3.8, 4) is 0 Å². The van der Waals surface area contributed by atoms with Gasteiger partial charge in [-0.25, -0.2) is 9.37 Å². The number of halogens is 1. The zero-order valence-corrected chi connectivity index (χ0v) is 12.4. The lowest BCUT2D eigenvalue weighted by Crippen LogP contribution is -2.46. The van der Waals surface area contributed by atoms with Crippen molar-refractivity contribution in [1.82, 2.24) is 4.98 Å². The lowest BCUT2D eigenvalue weighted by Gasteiger charge is -2.37. The average Bonchev–Trinajstić information content (AvgIpc) is 2.56. The second-order valence-electron chi connectivity index (χ2n) is 5.31. The third-order valence-electron chi connectivity index (χ3n) is 3.90. The number of rotatable bonds is 3. The predicted octanol–water partition coefficient (Wildman–Crippen LogP) is 2.04. The summed E-state index contributed by atoms with van der Waals surface area (Å²) >= 11 is 0. The van der Waals surface area contributed by atoms with Gasteiger partial charge in [0, 0.05) is 32.2 Å². The second kappa shape index (κ2) is 6.07. The standard InChI is InChI=1S/C15H16FN5O2/c16-13-9-11(21(22)23)1-3-14(13)20-7-5-19(6-8-20)12-2-4-15(17)18-10-12/h1-4,9-10H,5-8H2,(H2,17,18). The van der Waals surface area contributed by atoms with Gasteiger partial charge in [-0.15, -0.1) is 0 Å². The van der Waals surface area contributed by atoms with Crippen LogP contribution in [0.2, 0.25) is 0 Å². The number of nitro benzene ring substituents is 1. The van der Waals surface area contributed by atoms with Crippen LogP contribution < -0.4 is 15.5 Å². The normalized spacial score (nSPS) is 14.8. The summed E-state index contributed by atoms with van der Waals surface area (Å²) in [6.07, 6.45) is 1.72. The summed E-state index contributed by atoms with van der Waals surface area (Å²) in [5.41, 5.74) is 6.71. The van der Waals surface area contributed by atoms with E-state index in [0.717, 1.165) is 11.8 Å². The lowest BCUT2D eigenvalue weighted by atomic mass is 10.2. The first-order valence-electron chi connectivity index (χ1n) is 7.20. The summed E-state index contributed by atoms with van der Waals surface area (Å²) < 4.78 is 14.1. The Morgan fingerprint density at radius 1 is 1.13 bits per heavy atom. The van der Waals surface area contributed by atoms with Gasteiger partial charge in [0.25, 0.3) is 5.69 Å². The zero-order valence-electron chi connectivity index (χ0n) is 12.4. The fraction of sp³-hybridized carbons (Fsp3) is 0.267. The van der Waals surface area contributed by atoms with Crippen LogP contribution in [0.5, 0.6) is 0 Å². The number of nitro groups is 1. The van der Waals surface area contributed by atoms with Crippen molar-refractivity contribution in [2.45, 2.75) is 0 Å². The number of nitrogen functional groups attached to an aromatic ring is 1. The van der Waals surface area contributed by atoms with Crippen molar-refractivity contribution in [3.63, 3.8) is 0 Å². The molecule has 0 amide bonds. The van der Waals surface area contributed by atoms with E-state index in [2.05, 4.69) is 9.88 Å². The Labute approximate surface area is 132 Å². The maximum Gasteiger partial charge on any atom is 0.272 e. The molecule has 1 aromatic carbocycles. The number of benzene rings is 1. The monoisotopic (exact) mass is 317 g/mol. The highest BCUT2D eigenvalue weighted by molar-refractivity contribution is 5.55. The van der Waals surface area contributed by atoms with Crippen LogP contribution in [-0.2, 0) is 0 Å².